The first-order valence-electron chi connectivity index (χ1n) is 5.69. The van der Waals surface area contributed by atoms with Gasteiger partial charge in [0.1, 0.15) is 0 Å². The van der Waals surface area contributed by atoms with Gasteiger partial charge in [0.15, 0.2) is 0 Å². The summed E-state index contributed by atoms with van der Waals surface area (Å²) in [6.45, 7) is 4.35. The number of nitrogens with one attached hydrogen (secondary N) is 1. The molecule has 3 nitrogen and oxygen atoms in total. The van der Waals surface area contributed by atoms with Crippen LogP contribution in [0.5, 0.6) is 0 Å². The van der Waals surface area contributed by atoms with Crippen LogP contribution in [0.3, 0.4) is 0 Å². The first-order valence-corrected chi connectivity index (χ1v) is 5.69. The molecule has 16 heavy (non-hydrogen) atoms. The molecule has 1 aromatic heterocycles. The quantitative estimate of drug-likeness (QED) is 0.854. The van der Waals surface area contributed by atoms with E-state index in [4.69, 9.17) is 0 Å². The molecule has 84 valence electrons. The first-order chi connectivity index (χ1) is 7.74. The van der Waals surface area contributed by atoms with Crippen molar-refractivity contribution in [1.82, 2.24) is 9.97 Å². The van der Waals surface area contributed by atoms with Crippen LogP contribution in [0.4, 0.5) is 5.69 Å². The van der Waals surface area contributed by atoms with Crippen molar-refractivity contribution < 1.29 is 0 Å². The monoisotopic (exact) mass is 215 g/mol. The normalized spacial score (nSPS) is 12.7. The molecule has 2 rings (SSSR count). The lowest BCUT2D eigenvalue weighted by Crippen LogP contribution is -1.98. The van der Waals surface area contributed by atoms with E-state index in [2.05, 4.69) is 29.1 Å². The highest BCUT2D eigenvalue weighted by Gasteiger charge is 2.06. The second-order valence-electron chi connectivity index (χ2n) is 4.06. The second-order valence-corrected chi connectivity index (χ2v) is 4.06. The van der Waals surface area contributed by atoms with Crippen LogP contribution in [-0.2, 0) is 0 Å². The van der Waals surface area contributed by atoms with Gasteiger partial charge in [-0.05, 0) is 30.5 Å². The molecule has 0 radical (unpaired) electrons. The average Bonchev–Trinajstić information content (AvgIpc) is 2.36. The molecular weight excluding hydrogens is 198 g/mol. The molecule has 0 aliphatic carbocycles. The standard InChI is InChI=1S/C13H17N3/c1-4-9(2)13-8-15-11-6-5-10(14-3)7-12(11)16-13/h5-9,14H,4H2,1-3H3. The van der Waals surface area contributed by atoms with Crippen LogP contribution in [0.1, 0.15) is 31.9 Å². The summed E-state index contributed by atoms with van der Waals surface area (Å²) in [5, 5.41) is 3.11. The molecule has 0 aliphatic rings. The maximum atomic E-state index is 4.65. The molecule has 0 amide bonds. The largest absolute Gasteiger partial charge is 0.388 e. The molecule has 1 atom stereocenters. The number of fused-ring (bicyclic) bond motifs is 1. The highest BCUT2D eigenvalue weighted by molar-refractivity contribution is 5.78. The molecule has 0 aliphatic heterocycles. The van der Waals surface area contributed by atoms with E-state index in [1.54, 1.807) is 0 Å². The van der Waals surface area contributed by atoms with Crippen LogP contribution < -0.4 is 5.32 Å². The molecular formula is C13H17N3. The summed E-state index contributed by atoms with van der Waals surface area (Å²) < 4.78 is 0. The van der Waals surface area contributed by atoms with Gasteiger partial charge in [-0.2, -0.15) is 0 Å². The number of rotatable bonds is 3. The van der Waals surface area contributed by atoms with Crippen molar-refractivity contribution in [3.63, 3.8) is 0 Å². The summed E-state index contributed by atoms with van der Waals surface area (Å²) in [7, 11) is 1.91. The minimum atomic E-state index is 0.468. The minimum Gasteiger partial charge on any atom is -0.388 e. The Bertz CT molecular complexity index is 494. The minimum absolute atomic E-state index is 0.468. The van der Waals surface area contributed by atoms with Crippen molar-refractivity contribution in [2.45, 2.75) is 26.2 Å². The molecule has 1 heterocycles. The van der Waals surface area contributed by atoms with Crippen LogP contribution in [0.2, 0.25) is 0 Å². The molecule has 1 N–H and O–H groups in total. The number of aromatic nitrogens is 2. The smallest absolute Gasteiger partial charge is 0.0910 e. The van der Waals surface area contributed by atoms with E-state index in [0.717, 1.165) is 28.8 Å². The highest BCUT2D eigenvalue weighted by atomic mass is 14.8. The molecule has 0 bridgehead atoms. The van der Waals surface area contributed by atoms with Gasteiger partial charge in [-0.15, -0.1) is 0 Å². The Morgan fingerprint density at radius 2 is 2.12 bits per heavy atom. The zero-order chi connectivity index (χ0) is 11.5. The number of anilines is 1. The second kappa shape index (κ2) is 4.47. The summed E-state index contributed by atoms with van der Waals surface area (Å²) in [5.41, 5.74) is 4.06. The molecule has 0 saturated heterocycles. The number of benzene rings is 1. The average molecular weight is 215 g/mol. The van der Waals surface area contributed by atoms with Crippen molar-refractivity contribution in [3.8, 4) is 0 Å². The van der Waals surface area contributed by atoms with E-state index in [1.165, 1.54) is 0 Å². The lowest BCUT2D eigenvalue weighted by Gasteiger charge is -2.08. The zero-order valence-corrected chi connectivity index (χ0v) is 9.99. The third kappa shape index (κ3) is 1.98. The predicted octanol–water partition coefficient (Wildman–Crippen LogP) is 3.19. The summed E-state index contributed by atoms with van der Waals surface area (Å²) in [4.78, 5) is 9.09. The highest BCUT2D eigenvalue weighted by Crippen LogP contribution is 2.20. The fourth-order valence-electron chi connectivity index (χ4n) is 1.63. The number of hydrogen-bond acceptors (Lipinski definition) is 3. The van der Waals surface area contributed by atoms with Gasteiger partial charge >= 0.3 is 0 Å². The Labute approximate surface area is 95.9 Å². The maximum Gasteiger partial charge on any atom is 0.0910 e. The fraction of sp³-hybridized carbons (Fsp3) is 0.385. The van der Waals surface area contributed by atoms with E-state index < -0.39 is 0 Å². The van der Waals surface area contributed by atoms with Gasteiger partial charge < -0.3 is 5.32 Å². The molecule has 0 saturated carbocycles. The number of hydrogen-bond donors (Lipinski definition) is 1. The lowest BCUT2D eigenvalue weighted by molar-refractivity contribution is 0.708. The molecule has 0 fully saturated rings. The molecule has 2 aromatic rings. The van der Waals surface area contributed by atoms with E-state index in [0.29, 0.717) is 5.92 Å². The van der Waals surface area contributed by atoms with Gasteiger partial charge in [0.2, 0.25) is 0 Å². The summed E-state index contributed by atoms with van der Waals surface area (Å²) in [5.74, 6) is 0.468. The van der Waals surface area contributed by atoms with E-state index in [1.807, 2.05) is 31.4 Å². The maximum absolute atomic E-state index is 4.65. The molecule has 3 heteroatoms. The topological polar surface area (TPSA) is 37.8 Å². The van der Waals surface area contributed by atoms with Gasteiger partial charge in [-0.1, -0.05) is 13.8 Å². The fourth-order valence-corrected chi connectivity index (χ4v) is 1.63. The van der Waals surface area contributed by atoms with E-state index in [9.17, 15) is 0 Å². The Hall–Kier alpha value is -1.64. The van der Waals surface area contributed by atoms with Crippen molar-refractivity contribution in [2.24, 2.45) is 0 Å². The Morgan fingerprint density at radius 1 is 1.31 bits per heavy atom. The van der Waals surface area contributed by atoms with Gasteiger partial charge in [-0.25, -0.2) is 4.98 Å². The van der Waals surface area contributed by atoms with E-state index in [-0.39, 0.29) is 0 Å². The van der Waals surface area contributed by atoms with Crippen molar-refractivity contribution >= 4 is 16.7 Å². The summed E-state index contributed by atoms with van der Waals surface area (Å²) in [6.07, 6.45) is 2.97. The van der Waals surface area contributed by atoms with Crippen molar-refractivity contribution in [2.75, 3.05) is 12.4 Å². The SMILES string of the molecule is CCC(C)c1cnc2ccc(NC)cc2n1. The van der Waals surface area contributed by atoms with Crippen LogP contribution in [0, 0.1) is 0 Å². The van der Waals surface area contributed by atoms with Crippen LogP contribution in [0.25, 0.3) is 11.0 Å². The third-order valence-electron chi connectivity index (χ3n) is 2.97. The van der Waals surface area contributed by atoms with Crippen molar-refractivity contribution in [3.05, 3.63) is 30.1 Å². The van der Waals surface area contributed by atoms with Gasteiger partial charge in [-0.3, -0.25) is 4.98 Å². The Morgan fingerprint density at radius 3 is 2.81 bits per heavy atom. The summed E-state index contributed by atoms with van der Waals surface area (Å²) in [6, 6.07) is 6.04. The third-order valence-corrected chi connectivity index (χ3v) is 2.97. The lowest BCUT2D eigenvalue weighted by atomic mass is 10.1. The predicted molar refractivity (Wildman–Crippen MR) is 67.8 cm³/mol. The van der Waals surface area contributed by atoms with Crippen LogP contribution in [-0.4, -0.2) is 17.0 Å². The van der Waals surface area contributed by atoms with Gasteiger partial charge in [0.05, 0.1) is 16.7 Å². The van der Waals surface area contributed by atoms with E-state index >= 15 is 0 Å². The molecule has 1 unspecified atom stereocenters. The van der Waals surface area contributed by atoms with Gasteiger partial charge in [0.25, 0.3) is 0 Å². The Kier molecular flexibility index (Phi) is 3.04. The molecule has 1 aromatic carbocycles. The Balaban J connectivity index is 2.50. The van der Waals surface area contributed by atoms with Gasteiger partial charge in [0, 0.05) is 18.9 Å². The zero-order valence-electron chi connectivity index (χ0n) is 9.99. The number of nitrogens with zero attached hydrogens (tertiary/aromatic N) is 2. The molecule has 0 spiro atoms. The van der Waals surface area contributed by atoms with Crippen LogP contribution in [0.15, 0.2) is 24.4 Å². The van der Waals surface area contributed by atoms with Crippen LogP contribution >= 0.6 is 0 Å². The summed E-state index contributed by atoms with van der Waals surface area (Å²) >= 11 is 0. The first kappa shape index (κ1) is 10.9. The van der Waals surface area contributed by atoms with Crippen molar-refractivity contribution in [1.29, 1.82) is 0 Å².